The van der Waals surface area contributed by atoms with Crippen LogP contribution in [0.15, 0.2) is 35.0 Å². The standard InChI is InChI=1S/C10H7F4O3S.Li/c1-7-2-4-8(5-3-7)18(15,16)17-6-9(11)10(12,13)14;/h2-5H,1H3;/q-1;+1. The first-order chi connectivity index (χ1) is 8.13. The van der Waals surface area contributed by atoms with Crippen molar-refractivity contribution in [3.8, 4) is 0 Å². The predicted molar refractivity (Wildman–Crippen MR) is 53.4 cm³/mol. The Morgan fingerprint density at radius 2 is 1.68 bits per heavy atom. The van der Waals surface area contributed by atoms with Crippen LogP contribution in [0.5, 0.6) is 0 Å². The number of hydrogen-bond donors (Lipinski definition) is 0. The molecule has 0 N–H and O–H groups in total. The van der Waals surface area contributed by atoms with Gasteiger partial charge in [-0.25, -0.2) is 10.7 Å². The molecule has 0 aliphatic heterocycles. The molecule has 19 heavy (non-hydrogen) atoms. The molecule has 0 saturated carbocycles. The topological polar surface area (TPSA) is 43.4 Å². The van der Waals surface area contributed by atoms with E-state index in [0.717, 1.165) is 17.7 Å². The van der Waals surface area contributed by atoms with Crippen LogP contribution in [0, 0.1) is 13.2 Å². The van der Waals surface area contributed by atoms with E-state index in [0.29, 0.717) is 6.26 Å². The summed E-state index contributed by atoms with van der Waals surface area (Å²) in [5.41, 5.74) is 0.745. The van der Waals surface area contributed by atoms with Crippen molar-refractivity contribution in [1.29, 1.82) is 0 Å². The third kappa shape index (κ3) is 5.26. The molecule has 0 saturated heterocycles. The SMILES string of the molecule is Cc1ccc(S(=O)(=O)O[C-]=C(F)C(F)(F)F)cc1.[Li+]. The molecular formula is C10H7F4LiO3S. The minimum atomic E-state index is -5.33. The number of hydrogen-bond acceptors (Lipinski definition) is 3. The molecule has 0 unspecified atom stereocenters. The van der Waals surface area contributed by atoms with E-state index >= 15 is 0 Å². The summed E-state index contributed by atoms with van der Waals surface area (Å²) in [5, 5.41) is 0. The summed E-state index contributed by atoms with van der Waals surface area (Å²) in [6.45, 7) is 1.69. The van der Waals surface area contributed by atoms with Gasteiger partial charge in [0.2, 0.25) is 0 Å². The molecule has 3 nitrogen and oxygen atoms in total. The van der Waals surface area contributed by atoms with E-state index in [-0.39, 0.29) is 18.9 Å². The molecule has 0 fully saturated rings. The Balaban J connectivity index is 0.00000324. The van der Waals surface area contributed by atoms with Crippen LogP contribution in [0.3, 0.4) is 0 Å². The van der Waals surface area contributed by atoms with Crippen LogP contribution < -0.4 is 18.9 Å². The third-order valence-corrected chi connectivity index (χ3v) is 2.95. The molecule has 0 bridgehead atoms. The Morgan fingerprint density at radius 1 is 1.21 bits per heavy atom. The maximum atomic E-state index is 12.3. The van der Waals surface area contributed by atoms with E-state index in [1.807, 2.05) is 0 Å². The first-order valence-corrected chi connectivity index (χ1v) is 5.89. The van der Waals surface area contributed by atoms with Crippen molar-refractivity contribution in [2.45, 2.75) is 18.0 Å². The van der Waals surface area contributed by atoms with Crippen molar-refractivity contribution in [1.82, 2.24) is 0 Å². The largest absolute Gasteiger partial charge is 1.00 e. The zero-order valence-corrected chi connectivity index (χ0v) is 10.8. The van der Waals surface area contributed by atoms with Crippen molar-refractivity contribution < 1.29 is 49.0 Å². The quantitative estimate of drug-likeness (QED) is 0.256. The van der Waals surface area contributed by atoms with Gasteiger partial charge >= 0.3 is 35.2 Å². The van der Waals surface area contributed by atoms with Gasteiger partial charge < -0.3 is 4.18 Å². The van der Waals surface area contributed by atoms with Gasteiger partial charge in [-0.2, -0.15) is 21.6 Å². The summed E-state index contributed by atoms with van der Waals surface area (Å²) >= 11 is 0. The normalized spacial score (nSPS) is 12.8. The second-order valence-electron chi connectivity index (χ2n) is 3.26. The fourth-order valence-corrected chi connectivity index (χ4v) is 1.65. The van der Waals surface area contributed by atoms with Gasteiger partial charge in [-0.15, -0.1) is 0 Å². The van der Waals surface area contributed by atoms with E-state index < -0.39 is 27.0 Å². The van der Waals surface area contributed by atoms with Crippen LogP contribution >= 0.6 is 0 Å². The average Bonchev–Trinajstić information content (AvgIpc) is 2.25. The minimum Gasteiger partial charge on any atom is -0.587 e. The fraction of sp³-hybridized carbons (Fsp3) is 0.200. The van der Waals surface area contributed by atoms with Crippen LogP contribution in [0.1, 0.15) is 5.56 Å². The number of allylic oxidation sites excluding steroid dienone is 1. The summed E-state index contributed by atoms with van der Waals surface area (Å²) in [6.07, 6.45) is -4.62. The second kappa shape index (κ2) is 6.46. The third-order valence-electron chi connectivity index (χ3n) is 1.80. The summed E-state index contributed by atoms with van der Waals surface area (Å²) in [5.74, 6) is -2.75. The molecule has 9 heteroatoms. The minimum absolute atomic E-state index is 0. The Hall–Kier alpha value is -0.973. The number of halogens is 4. The molecule has 0 heterocycles. The fourth-order valence-electron chi connectivity index (χ4n) is 0.902. The molecule has 1 aromatic rings. The van der Waals surface area contributed by atoms with Crippen molar-refractivity contribution in [3.05, 3.63) is 41.9 Å². The Bertz CT molecular complexity index is 549. The average molecular weight is 290 g/mol. The van der Waals surface area contributed by atoms with Crippen LogP contribution in [-0.2, 0) is 14.3 Å². The van der Waals surface area contributed by atoms with Gasteiger partial charge in [0.05, 0.1) is 5.83 Å². The Kier molecular flexibility index (Phi) is 6.13. The number of benzene rings is 1. The first kappa shape index (κ1) is 18.0. The van der Waals surface area contributed by atoms with Crippen LogP contribution in [0.2, 0.25) is 0 Å². The van der Waals surface area contributed by atoms with E-state index in [1.54, 1.807) is 6.92 Å². The molecule has 0 amide bonds. The van der Waals surface area contributed by atoms with E-state index in [4.69, 9.17) is 0 Å². The maximum Gasteiger partial charge on any atom is 1.00 e. The smallest absolute Gasteiger partial charge is 0.587 e. The second-order valence-corrected chi connectivity index (χ2v) is 4.81. The van der Waals surface area contributed by atoms with Gasteiger partial charge in [0.15, 0.2) is 0 Å². The Morgan fingerprint density at radius 3 is 2.11 bits per heavy atom. The zero-order chi connectivity index (χ0) is 14.0. The molecule has 0 aliphatic carbocycles. The first-order valence-electron chi connectivity index (χ1n) is 4.49. The summed E-state index contributed by atoms with van der Waals surface area (Å²) in [6, 6.07) is 5.08. The number of rotatable bonds is 3. The predicted octanol–water partition coefficient (Wildman–Crippen LogP) is -0.119. The summed E-state index contributed by atoms with van der Waals surface area (Å²) in [4.78, 5) is -0.393. The molecule has 0 aliphatic rings. The monoisotopic (exact) mass is 290 g/mol. The summed E-state index contributed by atoms with van der Waals surface area (Å²) < 4.78 is 73.9. The molecular weight excluding hydrogens is 283 g/mol. The van der Waals surface area contributed by atoms with Crippen LogP contribution in [0.25, 0.3) is 0 Å². The molecule has 0 aromatic heterocycles. The maximum absolute atomic E-state index is 12.3. The van der Waals surface area contributed by atoms with E-state index in [9.17, 15) is 26.0 Å². The van der Waals surface area contributed by atoms with Crippen LogP contribution in [-0.4, -0.2) is 14.6 Å². The number of alkyl halides is 3. The van der Waals surface area contributed by atoms with E-state index in [1.165, 1.54) is 12.1 Å². The molecule has 0 spiro atoms. The van der Waals surface area contributed by atoms with Crippen molar-refractivity contribution >= 4 is 10.1 Å². The van der Waals surface area contributed by atoms with Gasteiger partial charge in [0, 0.05) is 0 Å². The van der Waals surface area contributed by atoms with Gasteiger partial charge in [-0.3, -0.25) is 0 Å². The van der Waals surface area contributed by atoms with Gasteiger partial charge in [-0.05, 0) is 19.1 Å². The number of aryl methyl sites for hydroxylation is 1. The van der Waals surface area contributed by atoms with Gasteiger partial charge in [0.25, 0.3) is 0 Å². The van der Waals surface area contributed by atoms with Crippen molar-refractivity contribution in [3.63, 3.8) is 0 Å². The molecule has 1 rings (SSSR count). The van der Waals surface area contributed by atoms with Gasteiger partial charge in [-0.1, -0.05) is 17.7 Å². The summed E-state index contributed by atoms with van der Waals surface area (Å²) in [7, 11) is -4.50. The molecule has 100 valence electrons. The van der Waals surface area contributed by atoms with Crippen molar-refractivity contribution in [2.24, 2.45) is 0 Å². The molecule has 0 atom stereocenters. The van der Waals surface area contributed by atoms with Crippen LogP contribution in [0.4, 0.5) is 17.6 Å². The molecule has 1 aromatic carbocycles. The van der Waals surface area contributed by atoms with E-state index in [2.05, 4.69) is 4.18 Å². The zero-order valence-electron chi connectivity index (χ0n) is 9.95. The Labute approximate surface area is 119 Å². The van der Waals surface area contributed by atoms with Crippen molar-refractivity contribution in [2.75, 3.05) is 0 Å². The van der Waals surface area contributed by atoms with Gasteiger partial charge in [0.1, 0.15) is 4.90 Å². The molecule has 0 radical (unpaired) electrons.